The summed E-state index contributed by atoms with van der Waals surface area (Å²) in [4.78, 5) is 18.6. The molecule has 1 amide bonds. The van der Waals surface area contributed by atoms with Gasteiger partial charge in [0.2, 0.25) is 0 Å². The minimum atomic E-state index is -3.16. The number of nitrogens with one attached hydrogen (secondary N) is 1. The second-order valence-corrected chi connectivity index (χ2v) is 12.4. The van der Waals surface area contributed by atoms with Gasteiger partial charge in [-0.1, -0.05) is 26.0 Å². The summed E-state index contributed by atoms with van der Waals surface area (Å²) < 4.78 is 37.1. The molecule has 1 saturated heterocycles. The maximum Gasteiger partial charge on any atom is 0.256 e. The molecule has 1 aliphatic heterocycles. The maximum absolute atomic E-state index is 13.7. The van der Waals surface area contributed by atoms with E-state index >= 15 is 0 Å². The molecule has 39 heavy (non-hydrogen) atoms. The Kier molecular flexibility index (Phi) is 7.07. The zero-order chi connectivity index (χ0) is 27.9. The summed E-state index contributed by atoms with van der Waals surface area (Å²) in [7, 11) is -0.0366. The van der Waals surface area contributed by atoms with Crippen molar-refractivity contribution in [3.05, 3.63) is 65.4 Å². The van der Waals surface area contributed by atoms with Crippen LogP contribution in [-0.4, -0.2) is 54.8 Å². The number of nitrogens with zero attached hydrogens (tertiary/aromatic N) is 3. The molecule has 0 saturated carbocycles. The van der Waals surface area contributed by atoms with Crippen molar-refractivity contribution < 1.29 is 22.7 Å². The van der Waals surface area contributed by atoms with Gasteiger partial charge in [-0.25, -0.2) is 18.1 Å². The van der Waals surface area contributed by atoms with Crippen LogP contribution in [0.1, 0.15) is 53.8 Å². The maximum atomic E-state index is 13.7. The molecule has 2 aromatic heterocycles. The molecular weight excluding hydrogens is 516 g/mol. The third-order valence-corrected chi connectivity index (χ3v) is 8.90. The van der Waals surface area contributed by atoms with Gasteiger partial charge in [-0.2, -0.15) is 5.10 Å². The normalized spacial score (nSPS) is 16.5. The summed E-state index contributed by atoms with van der Waals surface area (Å²) in [6, 6.07) is 14.6. The first-order valence-electron chi connectivity index (χ1n) is 12.8. The molecular formula is C29H32N4O5S. The van der Waals surface area contributed by atoms with Gasteiger partial charge in [-0.3, -0.25) is 4.79 Å². The number of hydrogen-bond donors (Lipinski definition) is 1. The van der Waals surface area contributed by atoms with Gasteiger partial charge in [0.05, 0.1) is 54.1 Å². The number of fused-ring (bicyclic) bond motifs is 1. The van der Waals surface area contributed by atoms with Crippen LogP contribution in [0.2, 0.25) is 0 Å². The predicted octanol–water partition coefficient (Wildman–Crippen LogP) is 5.16. The molecule has 0 spiro atoms. The average Bonchev–Trinajstić information content (AvgIpc) is 3.46. The molecule has 204 valence electrons. The summed E-state index contributed by atoms with van der Waals surface area (Å²) >= 11 is 0. The first-order valence-corrected chi connectivity index (χ1v) is 14.7. The first-order chi connectivity index (χ1) is 18.6. The molecule has 1 atom stereocenters. The molecule has 1 unspecified atom stereocenters. The third kappa shape index (κ3) is 5.21. The molecule has 1 aliphatic rings. The zero-order valence-electron chi connectivity index (χ0n) is 22.7. The summed E-state index contributed by atoms with van der Waals surface area (Å²) in [5.41, 5.74) is 4.60. The fourth-order valence-corrected chi connectivity index (χ4v) is 6.70. The molecule has 9 nitrogen and oxygen atoms in total. The Morgan fingerprint density at radius 2 is 1.77 bits per heavy atom. The van der Waals surface area contributed by atoms with Crippen molar-refractivity contribution >= 4 is 32.5 Å². The molecule has 1 N–H and O–H groups in total. The van der Waals surface area contributed by atoms with Gasteiger partial charge in [0.25, 0.3) is 5.91 Å². The van der Waals surface area contributed by atoms with E-state index in [2.05, 4.69) is 24.3 Å². The number of sulfone groups is 1. The Hall–Kier alpha value is -3.92. The highest BCUT2D eigenvalue weighted by molar-refractivity contribution is 7.91. The number of methoxy groups -OCH3 is 2. The summed E-state index contributed by atoms with van der Waals surface area (Å²) in [5.74, 6) is 1.28. The van der Waals surface area contributed by atoms with Crippen LogP contribution < -0.4 is 14.8 Å². The highest BCUT2D eigenvalue weighted by Gasteiger charge is 2.32. The van der Waals surface area contributed by atoms with E-state index in [9.17, 15) is 13.2 Å². The van der Waals surface area contributed by atoms with Gasteiger partial charge in [0, 0.05) is 11.3 Å². The number of pyridine rings is 1. The highest BCUT2D eigenvalue weighted by Crippen LogP contribution is 2.35. The SMILES string of the molecule is COc1ccc(-c2cc(C(=O)Nc3ccc(C(C)C)cc3)c3c(C)nn(C4CCS(=O)(=O)C4)c3n2)cc1OC. The van der Waals surface area contributed by atoms with E-state index in [1.54, 1.807) is 37.1 Å². The van der Waals surface area contributed by atoms with E-state index in [0.717, 1.165) is 0 Å². The largest absolute Gasteiger partial charge is 0.493 e. The van der Waals surface area contributed by atoms with Crippen LogP contribution >= 0.6 is 0 Å². The molecule has 4 aromatic rings. The summed E-state index contributed by atoms with van der Waals surface area (Å²) in [6.45, 7) is 6.05. The average molecular weight is 549 g/mol. The number of anilines is 1. The van der Waals surface area contributed by atoms with Crippen molar-refractivity contribution in [1.29, 1.82) is 0 Å². The second kappa shape index (κ2) is 10.3. The van der Waals surface area contributed by atoms with Crippen LogP contribution in [0.4, 0.5) is 5.69 Å². The fraction of sp³-hybridized carbons (Fsp3) is 0.345. The van der Waals surface area contributed by atoms with Crippen LogP contribution in [0.15, 0.2) is 48.5 Å². The lowest BCUT2D eigenvalue weighted by Crippen LogP contribution is -2.15. The van der Waals surface area contributed by atoms with E-state index < -0.39 is 9.84 Å². The Morgan fingerprint density at radius 3 is 2.38 bits per heavy atom. The number of aromatic nitrogens is 3. The van der Waals surface area contributed by atoms with E-state index in [1.807, 2.05) is 37.3 Å². The summed E-state index contributed by atoms with van der Waals surface area (Å²) in [5, 5.41) is 8.29. The monoisotopic (exact) mass is 548 g/mol. The van der Waals surface area contributed by atoms with Crippen molar-refractivity contribution in [2.24, 2.45) is 0 Å². The quantitative estimate of drug-likeness (QED) is 0.339. The minimum Gasteiger partial charge on any atom is -0.493 e. The van der Waals surface area contributed by atoms with E-state index in [4.69, 9.17) is 14.5 Å². The molecule has 2 aromatic carbocycles. The van der Waals surface area contributed by atoms with Crippen LogP contribution in [-0.2, 0) is 9.84 Å². The number of amides is 1. The lowest BCUT2D eigenvalue weighted by atomic mass is 10.0. The molecule has 0 aliphatic carbocycles. The van der Waals surface area contributed by atoms with Crippen LogP contribution in [0.5, 0.6) is 11.5 Å². The van der Waals surface area contributed by atoms with Crippen molar-refractivity contribution in [3.63, 3.8) is 0 Å². The lowest BCUT2D eigenvalue weighted by Gasteiger charge is -2.14. The van der Waals surface area contributed by atoms with Crippen molar-refractivity contribution in [2.75, 3.05) is 31.0 Å². The van der Waals surface area contributed by atoms with Crippen LogP contribution in [0.3, 0.4) is 0 Å². The topological polar surface area (TPSA) is 112 Å². The predicted molar refractivity (Wildman–Crippen MR) is 152 cm³/mol. The number of benzene rings is 2. The number of ether oxygens (including phenoxy) is 2. The van der Waals surface area contributed by atoms with Gasteiger partial charge < -0.3 is 14.8 Å². The van der Waals surface area contributed by atoms with Crippen LogP contribution in [0, 0.1) is 6.92 Å². The minimum absolute atomic E-state index is 0.00475. The molecule has 0 bridgehead atoms. The van der Waals surface area contributed by atoms with Gasteiger partial charge in [-0.15, -0.1) is 0 Å². The Morgan fingerprint density at radius 1 is 1.05 bits per heavy atom. The molecule has 1 fully saturated rings. The lowest BCUT2D eigenvalue weighted by molar-refractivity contribution is 0.102. The van der Waals surface area contributed by atoms with E-state index in [1.165, 1.54) is 5.56 Å². The van der Waals surface area contributed by atoms with Crippen molar-refractivity contribution in [1.82, 2.24) is 14.8 Å². The van der Waals surface area contributed by atoms with Gasteiger partial charge in [-0.05, 0) is 61.2 Å². The molecule has 5 rings (SSSR count). The Labute approximate surface area is 228 Å². The van der Waals surface area contributed by atoms with Crippen molar-refractivity contribution in [3.8, 4) is 22.8 Å². The standard InChI is InChI=1S/C29H32N4O5S/c1-17(2)19-6-9-21(10-7-19)30-29(34)23-15-24(20-8-11-25(37-4)26(14-20)38-5)31-28-27(23)18(3)32-33(28)22-12-13-39(35,36)16-22/h6-11,14-15,17,22H,12-13,16H2,1-5H3,(H,30,34). The smallest absolute Gasteiger partial charge is 0.256 e. The fourth-order valence-electron chi connectivity index (χ4n) is 5.01. The number of hydrogen-bond acceptors (Lipinski definition) is 7. The molecule has 0 radical (unpaired) electrons. The number of rotatable bonds is 7. The molecule has 10 heteroatoms. The number of carbonyl (C=O) groups excluding carboxylic acids is 1. The first kappa shape index (κ1) is 26.7. The van der Waals surface area contributed by atoms with E-state index in [-0.39, 0.29) is 23.5 Å². The van der Waals surface area contributed by atoms with Crippen LogP contribution in [0.25, 0.3) is 22.3 Å². The Bertz CT molecular complexity index is 1660. The van der Waals surface area contributed by atoms with Gasteiger partial charge >= 0.3 is 0 Å². The highest BCUT2D eigenvalue weighted by atomic mass is 32.2. The summed E-state index contributed by atoms with van der Waals surface area (Å²) in [6.07, 6.45) is 0.449. The number of carbonyl (C=O) groups is 1. The van der Waals surface area contributed by atoms with Gasteiger partial charge in [0.15, 0.2) is 27.0 Å². The van der Waals surface area contributed by atoms with Gasteiger partial charge in [0.1, 0.15) is 0 Å². The van der Waals surface area contributed by atoms with Crippen molar-refractivity contribution in [2.45, 2.75) is 39.2 Å². The zero-order valence-corrected chi connectivity index (χ0v) is 23.5. The third-order valence-electron chi connectivity index (χ3n) is 7.15. The Balaban J connectivity index is 1.65. The molecule has 3 heterocycles. The van der Waals surface area contributed by atoms with E-state index in [0.29, 0.717) is 63.1 Å². The second-order valence-electron chi connectivity index (χ2n) is 10.1. The number of aryl methyl sites for hydroxylation is 1.